The molecule has 3 aromatic rings. The fourth-order valence-corrected chi connectivity index (χ4v) is 7.75. The second-order valence-corrected chi connectivity index (χ2v) is 13.7. The largest absolute Gasteiger partial charge is 0.460 e. The number of carbonyl (C=O) groups excluding carboxylic acids is 1. The van der Waals surface area contributed by atoms with Gasteiger partial charge in [-0.2, -0.15) is 0 Å². The van der Waals surface area contributed by atoms with Gasteiger partial charge in [0.15, 0.2) is 17.9 Å². The lowest BCUT2D eigenvalue weighted by Crippen LogP contribution is -2.42. The van der Waals surface area contributed by atoms with Gasteiger partial charge in [-0.15, -0.1) is 0 Å². The fourth-order valence-electron chi connectivity index (χ4n) is 4.44. The Hall–Kier alpha value is -2.84. The molecule has 0 spiro atoms. The molecule has 1 aromatic heterocycles. The number of nitrogens with two attached hydrogens (primary N) is 1. The molecule has 0 bridgehead atoms. The molecule has 1 saturated heterocycles. The van der Waals surface area contributed by atoms with E-state index >= 15 is 0 Å². The van der Waals surface area contributed by atoms with Crippen LogP contribution in [0.3, 0.4) is 0 Å². The number of para-hydroxylation sites is 1. The molecule has 46 heavy (non-hydrogen) atoms. The monoisotopic (exact) mass is 696 g/mol. The van der Waals surface area contributed by atoms with Gasteiger partial charge in [-0.25, -0.2) is 23.7 Å². The van der Waals surface area contributed by atoms with Crippen LogP contribution in [0.5, 0.6) is 5.75 Å². The summed E-state index contributed by atoms with van der Waals surface area (Å²) in [6, 6.07) is 17.2. The van der Waals surface area contributed by atoms with Crippen molar-refractivity contribution in [1.82, 2.24) is 15.1 Å². The highest BCUT2D eigenvalue weighted by molar-refractivity contribution is 7.61. The van der Waals surface area contributed by atoms with Gasteiger partial charge in [-0.1, -0.05) is 48.5 Å². The minimum Gasteiger partial charge on any atom is -0.460 e. The Kier molecular flexibility index (Phi) is 12.6. The number of nitrogens with zero attached hydrogens (tertiary/aromatic N) is 3. The van der Waals surface area contributed by atoms with Crippen molar-refractivity contribution in [2.45, 2.75) is 44.4 Å². The van der Waals surface area contributed by atoms with Crippen molar-refractivity contribution in [3.8, 4) is 5.75 Å². The smallest absolute Gasteiger partial charge is 0.344 e. The number of aliphatic hydroxyl groups is 1. The zero-order chi connectivity index (χ0) is 32.5. The zero-order valence-electron chi connectivity index (χ0n) is 24.9. The van der Waals surface area contributed by atoms with Crippen molar-refractivity contribution in [3.63, 3.8) is 0 Å². The average molecular weight is 697 g/mol. The van der Waals surface area contributed by atoms with Gasteiger partial charge in [0.2, 0.25) is 0 Å². The van der Waals surface area contributed by atoms with E-state index in [1.807, 2.05) is 36.4 Å². The van der Waals surface area contributed by atoms with E-state index < -0.39 is 56.2 Å². The highest BCUT2D eigenvalue weighted by Crippen LogP contribution is 2.58. The van der Waals surface area contributed by atoms with E-state index in [4.69, 9.17) is 37.4 Å². The number of fused-ring (bicyclic) bond motifs is 1. The van der Waals surface area contributed by atoms with E-state index in [1.54, 1.807) is 36.1 Å². The van der Waals surface area contributed by atoms with Gasteiger partial charge in [-0.05, 0) is 24.6 Å². The predicted molar refractivity (Wildman–Crippen MR) is 171 cm³/mol. The summed E-state index contributed by atoms with van der Waals surface area (Å²) in [6.07, 6.45) is -0.431. The summed E-state index contributed by atoms with van der Waals surface area (Å²) < 4.78 is 39.5. The Labute approximate surface area is 269 Å². The van der Waals surface area contributed by atoms with Crippen LogP contribution in [0.2, 0.25) is 0 Å². The van der Waals surface area contributed by atoms with Crippen LogP contribution in [0.4, 0.5) is 17.3 Å². The second-order valence-electron chi connectivity index (χ2n) is 9.92. The second kappa shape index (κ2) is 16.8. The molecule has 16 nitrogen and oxygen atoms in total. The number of nitrogen functional groups attached to an aromatic ring is 1. The van der Waals surface area contributed by atoms with Crippen LogP contribution in [0, 0.1) is 0 Å². The minimum absolute atomic E-state index is 0.00582. The molecule has 6 N–H and O–H groups in total. The highest BCUT2D eigenvalue weighted by Gasteiger charge is 2.42. The molecular weight excluding hydrogens is 661 g/mol. The zero-order valence-corrected chi connectivity index (χ0v) is 27.6. The predicted octanol–water partition coefficient (Wildman–Crippen LogP) is 3.89. The number of aliphatic hydroxyl groups excluding tert-OH is 1. The molecule has 2 aromatic carbocycles. The number of hydrogen-bond donors (Lipinski definition) is 5. The lowest BCUT2D eigenvalue weighted by Gasteiger charge is -2.27. The van der Waals surface area contributed by atoms with Crippen LogP contribution in [-0.2, 0) is 38.5 Å². The lowest BCUT2D eigenvalue weighted by molar-refractivity contribution is -0.146. The van der Waals surface area contributed by atoms with Crippen LogP contribution in [0.25, 0.3) is 0 Å². The van der Waals surface area contributed by atoms with Crippen molar-refractivity contribution < 1.29 is 46.5 Å². The SMILES string of the molecule is COP(OCC1CC(O)C(N2CNc3c(N)ncnc32)O1)OP(O)OP(NC(C)C(=O)OCc1ccccc1)Oc1ccccc1. The normalized spacial score (nSPS) is 21.6. The van der Waals surface area contributed by atoms with E-state index in [2.05, 4.69) is 20.4 Å². The maximum atomic E-state index is 12.7. The molecule has 0 amide bonds. The summed E-state index contributed by atoms with van der Waals surface area (Å²) in [7, 11) is -5.43. The molecule has 0 saturated carbocycles. The summed E-state index contributed by atoms with van der Waals surface area (Å²) in [5.41, 5.74) is 7.34. The number of esters is 1. The van der Waals surface area contributed by atoms with E-state index in [9.17, 15) is 14.8 Å². The lowest BCUT2D eigenvalue weighted by atomic mass is 10.2. The average Bonchev–Trinajstić information content (AvgIpc) is 3.66. The quantitative estimate of drug-likeness (QED) is 0.107. The first-order valence-electron chi connectivity index (χ1n) is 14.1. The molecule has 19 heteroatoms. The van der Waals surface area contributed by atoms with Gasteiger partial charge in [0.25, 0.3) is 0 Å². The topological polar surface area (TPSA) is 201 Å². The fraction of sp³-hybridized carbons (Fsp3) is 0.370. The summed E-state index contributed by atoms with van der Waals surface area (Å²) in [5, 5.41) is 16.7. The van der Waals surface area contributed by atoms with Crippen LogP contribution in [0.1, 0.15) is 18.9 Å². The van der Waals surface area contributed by atoms with Crippen molar-refractivity contribution >= 4 is 49.0 Å². The molecular formula is C27H35N6O10P3. The van der Waals surface area contributed by atoms with Crippen molar-refractivity contribution in [2.24, 2.45) is 0 Å². The molecule has 0 aliphatic carbocycles. The van der Waals surface area contributed by atoms with Gasteiger partial charge in [0.05, 0.1) is 19.4 Å². The third kappa shape index (κ3) is 9.37. The first-order chi connectivity index (χ1) is 22.3. The van der Waals surface area contributed by atoms with Gasteiger partial charge in [0, 0.05) is 13.5 Å². The minimum atomic E-state index is -2.60. The summed E-state index contributed by atoms with van der Waals surface area (Å²) >= 11 is 0. The molecule has 5 rings (SSSR count). The van der Waals surface area contributed by atoms with Crippen LogP contribution in [0.15, 0.2) is 67.0 Å². The van der Waals surface area contributed by atoms with E-state index in [1.165, 1.54) is 13.4 Å². The van der Waals surface area contributed by atoms with Crippen LogP contribution < -0.4 is 25.6 Å². The Morgan fingerprint density at radius 2 is 1.91 bits per heavy atom. The summed E-state index contributed by atoms with van der Waals surface area (Å²) in [5.74, 6) is 0.737. The molecule has 7 unspecified atom stereocenters. The van der Waals surface area contributed by atoms with E-state index in [0.717, 1.165) is 5.56 Å². The number of hydrogen-bond acceptors (Lipinski definition) is 16. The molecule has 7 atom stereocenters. The Balaban J connectivity index is 1.12. The molecule has 1 fully saturated rings. The van der Waals surface area contributed by atoms with Crippen LogP contribution in [-0.4, -0.2) is 70.8 Å². The Bertz CT molecular complexity index is 1410. The van der Waals surface area contributed by atoms with Gasteiger partial charge < -0.3 is 49.0 Å². The maximum absolute atomic E-state index is 12.7. The number of aromatic nitrogens is 2. The Morgan fingerprint density at radius 3 is 2.65 bits per heavy atom. The number of benzene rings is 2. The third-order valence-electron chi connectivity index (χ3n) is 6.63. The molecule has 0 radical (unpaired) electrons. The summed E-state index contributed by atoms with van der Waals surface area (Å²) in [6.45, 7) is 2.02. The van der Waals surface area contributed by atoms with Gasteiger partial charge in [0.1, 0.15) is 36.5 Å². The Morgan fingerprint density at radius 1 is 1.17 bits per heavy atom. The molecule has 2 aliphatic rings. The third-order valence-corrected chi connectivity index (χ3v) is 10.5. The maximum Gasteiger partial charge on any atom is 0.344 e. The number of nitrogens with one attached hydrogen (secondary N) is 2. The summed E-state index contributed by atoms with van der Waals surface area (Å²) in [4.78, 5) is 33.4. The number of anilines is 3. The van der Waals surface area contributed by atoms with Crippen molar-refractivity contribution in [2.75, 3.05) is 36.3 Å². The highest BCUT2D eigenvalue weighted by atomic mass is 31.3. The first-order valence-corrected chi connectivity index (χ1v) is 17.5. The standard InChI is InChI=1S/C27H35N6O10P3/c1-18(27(35)38-14-19-9-5-3-6-10-19)32-44(41-20-11-7-4-8-12-20)42-45(36)43-46(37-2)39-15-21-13-22(34)26(40-21)33-17-31-23-24(28)29-16-30-25(23)33/h3-12,16,18,21-22,26,31-32,34,36H,13-15,17H2,1-2H3,(H2,28,29,30). The van der Waals surface area contributed by atoms with E-state index in [0.29, 0.717) is 29.7 Å². The van der Waals surface area contributed by atoms with E-state index in [-0.39, 0.29) is 19.6 Å². The number of carbonyl (C=O) groups is 1. The van der Waals surface area contributed by atoms with Crippen molar-refractivity contribution in [3.05, 3.63) is 72.6 Å². The van der Waals surface area contributed by atoms with Crippen LogP contribution >= 0.6 is 25.7 Å². The van der Waals surface area contributed by atoms with Gasteiger partial charge in [-0.3, -0.25) is 4.79 Å². The molecule has 3 heterocycles. The first kappa shape index (κ1) is 34.5. The molecule has 248 valence electrons. The van der Waals surface area contributed by atoms with Gasteiger partial charge >= 0.3 is 31.7 Å². The molecule has 2 aliphatic heterocycles. The number of ether oxygens (including phenoxy) is 2. The van der Waals surface area contributed by atoms with Crippen molar-refractivity contribution in [1.29, 1.82) is 0 Å². The number of rotatable bonds is 16.